The first-order valence-corrected chi connectivity index (χ1v) is 7.84. The van der Waals surface area contributed by atoms with E-state index in [0.29, 0.717) is 5.56 Å². The van der Waals surface area contributed by atoms with E-state index in [9.17, 15) is 13.0 Å². The van der Waals surface area contributed by atoms with Gasteiger partial charge in [-0.25, -0.2) is 8.42 Å². The van der Waals surface area contributed by atoms with Gasteiger partial charge in [0, 0.05) is 11.1 Å². The van der Waals surface area contributed by atoms with Gasteiger partial charge in [0.15, 0.2) is 7.33 Å². The van der Waals surface area contributed by atoms with Gasteiger partial charge in [0.2, 0.25) is 0 Å². The molecule has 0 radical (unpaired) electrons. The number of hydrogen-bond donors (Lipinski definition) is 0. The zero-order valence-corrected chi connectivity index (χ0v) is 15.4. The molecule has 0 unspecified atom stereocenters. The van der Waals surface area contributed by atoms with Crippen molar-refractivity contribution in [2.24, 2.45) is 0 Å². The van der Waals surface area contributed by atoms with E-state index in [2.05, 4.69) is 0 Å². The molecular formula is C8H3Cl4NaO3S2. The smallest absolute Gasteiger partial charge is 0.744 e. The molecule has 0 fully saturated rings. The third-order valence-corrected chi connectivity index (χ3v) is 5.69. The van der Waals surface area contributed by atoms with Crippen LogP contribution in [0.15, 0.2) is 23.1 Å². The minimum Gasteiger partial charge on any atom is -0.744 e. The molecule has 1 aliphatic heterocycles. The first-order valence-electron chi connectivity index (χ1n) is 4.11. The molecule has 2 rings (SSSR count). The number of alkyl halides is 4. The summed E-state index contributed by atoms with van der Waals surface area (Å²) in [6.45, 7) is 0. The van der Waals surface area contributed by atoms with E-state index in [1.54, 1.807) is 0 Å². The van der Waals surface area contributed by atoms with Gasteiger partial charge in [-0.05, 0) is 12.1 Å². The van der Waals surface area contributed by atoms with Crippen molar-refractivity contribution < 1.29 is 42.5 Å². The molecule has 0 aromatic heterocycles. The number of thioether (sulfide) groups is 1. The molecule has 3 nitrogen and oxygen atoms in total. The molecule has 94 valence electrons. The summed E-state index contributed by atoms with van der Waals surface area (Å²) in [6.07, 6.45) is 0. The maximum absolute atomic E-state index is 10.9. The third kappa shape index (κ3) is 3.27. The van der Waals surface area contributed by atoms with Gasteiger partial charge in [0.1, 0.15) is 10.1 Å². The minimum absolute atomic E-state index is 0. The van der Waals surface area contributed by atoms with Gasteiger partial charge in [-0.15, -0.1) is 0 Å². The molecule has 0 N–H and O–H groups in total. The van der Waals surface area contributed by atoms with Crippen molar-refractivity contribution in [2.75, 3.05) is 0 Å². The number of fused-ring (bicyclic) bond motifs is 1. The zero-order chi connectivity index (χ0) is 13.1. The van der Waals surface area contributed by atoms with Crippen LogP contribution in [0, 0.1) is 0 Å². The van der Waals surface area contributed by atoms with Gasteiger partial charge in [-0.2, -0.15) is 0 Å². The second-order valence-electron chi connectivity index (χ2n) is 3.30. The van der Waals surface area contributed by atoms with Crippen LogP contribution >= 0.6 is 58.2 Å². The van der Waals surface area contributed by atoms with Crippen molar-refractivity contribution in [3.8, 4) is 0 Å². The van der Waals surface area contributed by atoms with Crippen LogP contribution in [0.25, 0.3) is 0 Å². The maximum Gasteiger partial charge on any atom is 1.00 e. The Morgan fingerprint density at radius 1 is 1.06 bits per heavy atom. The van der Waals surface area contributed by atoms with Gasteiger partial charge in [0.05, 0.1) is 4.90 Å². The van der Waals surface area contributed by atoms with Crippen LogP contribution in [0.2, 0.25) is 0 Å². The predicted octanol–water partition coefficient (Wildman–Crippen LogP) is 0.517. The quantitative estimate of drug-likeness (QED) is 0.408. The van der Waals surface area contributed by atoms with E-state index in [1.807, 2.05) is 0 Å². The zero-order valence-electron chi connectivity index (χ0n) is 8.79. The minimum atomic E-state index is -4.57. The van der Waals surface area contributed by atoms with Crippen molar-refractivity contribution in [1.29, 1.82) is 0 Å². The summed E-state index contributed by atoms with van der Waals surface area (Å²) in [6, 6.07) is 3.55. The Labute approximate surface area is 151 Å². The van der Waals surface area contributed by atoms with Gasteiger partial charge < -0.3 is 4.55 Å². The number of hydrogen-bond acceptors (Lipinski definition) is 4. The van der Waals surface area contributed by atoms with E-state index in [0.717, 1.165) is 23.9 Å². The fourth-order valence-electron chi connectivity index (χ4n) is 1.44. The third-order valence-electron chi connectivity index (χ3n) is 2.16. The summed E-state index contributed by atoms with van der Waals surface area (Å²) in [7, 11) is -4.57. The SMILES string of the molecule is O=S(=O)([O-])c1ccc2c(c1)C(Cl)(Cl)SC2(Cl)Cl.[Na+]. The largest absolute Gasteiger partial charge is 1.00 e. The van der Waals surface area contributed by atoms with Gasteiger partial charge in [-0.1, -0.05) is 64.2 Å². The van der Waals surface area contributed by atoms with E-state index in [4.69, 9.17) is 46.4 Å². The normalized spacial score (nSPS) is 20.1. The first kappa shape index (κ1) is 17.7. The molecule has 1 aromatic rings. The van der Waals surface area contributed by atoms with Crippen LogP contribution in [0.1, 0.15) is 11.1 Å². The van der Waals surface area contributed by atoms with Crippen LogP contribution < -0.4 is 29.6 Å². The fourth-order valence-corrected chi connectivity index (χ4v) is 5.33. The van der Waals surface area contributed by atoms with E-state index in [1.165, 1.54) is 6.07 Å². The molecular weight excluding hydrogens is 373 g/mol. The van der Waals surface area contributed by atoms with Crippen LogP contribution in [-0.4, -0.2) is 13.0 Å². The van der Waals surface area contributed by atoms with Gasteiger partial charge in [0.25, 0.3) is 0 Å². The van der Waals surface area contributed by atoms with Crippen LogP contribution in [0.5, 0.6) is 0 Å². The summed E-state index contributed by atoms with van der Waals surface area (Å²) in [5.41, 5.74) is 0.594. The Bertz CT molecular complexity index is 588. The Morgan fingerprint density at radius 3 is 2.06 bits per heavy atom. The van der Waals surface area contributed by atoms with Crippen LogP contribution in [0.3, 0.4) is 0 Å². The van der Waals surface area contributed by atoms with Crippen LogP contribution in [0.4, 0.5) is 0 Å². The Morgan fingerprint density at radius 2 is 1.56 bits per heavy atom. The maximum atomic E-state index is 10.9. The molecule has 0 spiro atoms. The van der Waals surface area contributed by atoms with Crippen molar-refractivity contribution in [1.82, 2.24) is 0 Å². The topological polar surface area (TPSA) is 57.2 Å². The Hall–Kier alpha value is 1.64. The number of rotatable bonds is 1. The molecule has 1 aliphatic rings. The standard InChI is InChI=1S/C8H4Cl4O3S2.Na/c9-7(10)5-2-1-4(17(13,14)15)3-6(5)8(11,12)16-7;/h1-3H,(H,13,14,15);/q;+1/p-1. The summed E-state index contributed by atoms with van der Waals surface area (Å²) in [5, 5.41) is 0. The molecule has 18 heavy (non-hydrogen) atoms. The fraction of sp³-hybridized carbons (Fsp3) is 0.250. The molecule has 1 heterocycles. The van der Waals surface area contributed by atoms with Crippen molar-refractivity contribution in [3.63, 3.8) is 0 Å². The van der Waals surface area contributed by atoms with Crippen molar-refractivity contribution in [2.45, 2.75) is 12.2 Å². The van der Waals surface area contributed by atoms with Gasteiger partial charge >= 0.3 is 29.6 Å². The first-order chi connectivity index (χ1) is 7.54. The number of benzene rings is 1. The molecule has 10 heteroatoms. The summed E-state index contributed by atoms with van der Waals surface area (Å²) in [4.78, 5) is -0.423. The van der Waals surface area contributed by atoms with E-state index >= 15 is 0 Å². The second kappa shape index (κ2) is 5.44. The average Bonchev–Trinajstić information content (AvgIpc) is 2.31. The second-order valence-corrected chi connectivity index (χ2v) is 9.66. The summed E-state index contributed by atoms with van der Waals surface area (Å²) >= 11 is 24.7. The molecule has 0 bridgehead atoms. The Kier molecular flexibility index (Phi) is 5.35. The van der Waals surface area contributed by atoms with Gasteiger partial charge in [-0.3, -0.25) is 0 Å². The van der Waals surface area contributed by atoms with E-state index < -0.39 is 22.3 Å². The summed E-state index contributed by atoms with van der Waals surface area (Å²) in [5.74, 6) is 0. The average molecular weight is 376 g/mol. The molecule has 0 saturated carbocycles. The van der Waals surface area contributed by atoms with E-state index in [-0.39, 0.29) is 35.1 Å². The molecule has 0 amide bonds. The summed E-state index contributed by atoms with van der Waals surface area (Å²) < 4.78 is 29.8. The molecule has 1 aromatic carbocycles. The predicted molar refractivity (Wildman–Crippen MR) is 68.8 cm³/mol. The van der Waals surface area contributed by atoms with Crippen molar-refractivity contribution in [3.05, 3.63) is 29.3 Å². The number of halogens is 4. The van der Waals surface area contributed by atoms with Crippen LogP contribution in [-0.2, 0) is 17.4 Å². The molecule has 0 atom stereocenters. The molecule has 0 aliphatic carbocycles. The van der Waals surface area contributed by atoms with Crippen molar-refractivity contribution >= 4 is 68.3 Å². The molecule has 0 saturated heterocycles. The Balaban J connectivity index is 0.00000162. The monoisotopic (exact) mass is 374 g/mol.